The molecule has 0 fully saturated rings. The molecule has 3 aromatic carbocycles. The van der Waals surface area contributed by atoms with Crippen LogP contribution in [0.1, 0.15) is 26.3 Å². The molecular formula is C21H18O3. The minimum Gasteiger partial charge on any atom is -0.465 e. The molecule has 0 atom stereocenters. The van der Waals surface area contributed by atoms with Crippen molar-refractivity contribution >= 4 is 11.8 Å². The summed E-state index contributed by atoms with van der Waals surface area (Å²) >= 11 is 0. The van der Waals surface area contributed by atoms with Gasteiger partial charge in [0.15, 0.2) is 5.78 Å². The maximum Gasteiger partial charge on any atom is 0.337 e. The fourth-order valence-corrected chi connectivity index (χ4v) is 2.04. The van der Waals surface area contributed by atoms with Gasteiger partial charge < -0.3 is 4.74 Å². The molecule has 0 heterocycles. The fourth-order valence-electron chi connectivity index (χ4n) is 2.04. The van der Waals surface area contributed by atoms with Gasteiger partial charge in [0.2, 0.25) is 0 Å². The largest absolute Gasteiger partial charge is 0.465 e. The van der Waals surface area contributed by atoms with Crippen LogP contribution in [-0.4, -0.2) is 18.9 Å². The van der Waals surface area contributed by atoms with E-state index in [1.165, 1.54) is 7.11 Å². The predicted octanol–water partition coefficient (Wildman–Crippen LogP) is 4.39. The number of hydrogen-bond acceptors (Lipinski definition) is 3. The minimum absolute atomic E-state index is 0.0752. The first kappa shape index (κ1) is 17.2. The summed E-state index contributed by atoms with van der Waals surface area (Å²) in [7, 11) is 1.37. The number of methoxy groups -OCH3 is 1. The maximum absolute atomic E-state index is 11.8. The Morgan fingerprint density at radius 2 is 0.917 bits per heavy atom. The molecule has 0 saturated carbocycles. The molecule has 0 aromatic heterocycles. The molecule has 0 bridgehead atoms. The summed E-state index contributed by atoms with van der Waals surface area (Å²) in [6, 6.07) is 27.5. The number of carbonyl (C=O) groups excluding carboxylic acids is 2. The van der Waals surface area contributed by atoms with E-state index in [4.69, 9.17) is 0 Å². The second kappa shape index (κ2) is 9.06. The summed E-state index contributed by atoms with van der Waals surface area (Å²) in [6.07, 6.45) is 0. The second-order valence-electron chi connectivity index (χ2n) is 4.92. The highest BCUT2D eigenvalue weighted by Crippen LogP contribution is 2.08. The molecule has 120 valence electrons. The third-order valence-electron chi connectivity index (χ3n) is 3.27. The zero-order chi connectivity index (χ0) is 17.2. The molecule has 0 N–H and O–H groups in total. The van der Waals surface area contributed by atoms with Crippen molar-refractivity contribution in [1.29, 1.82) is 0 Å². The van der Waals surface area contributed by atoms with Crippen molar-refractivity contribution in [3.63, 3.8) is 0 Å². The van der Waals surface area contributed by atoms with E-state index < -0.39 is 0 Å². The Morgan fingerprint density at radius 1 is 0.583 bits per heavy atom. The van der Waals surface area contributed by atoms with Gasteiger partial charge in [-0.3, -0.25) is 4.79 Å². The van der Waals surface area contributed by atoms with Crippen molar-refractivity contribution in [1.82, 2.24) is 0 Å². The Bertz CT molecular complexity index is 724. The van der Waals surface area contributed by atoms with Crippen molar-refractivity contribution in [3.8, 4) is 0 Å². The average Bonchev–Trinajstić information content (AvgIpc) is 2.69. The molecule has 3 aromatic rings. The van der Waals surface area contributed by atoms with Gasteiger partial charge in [-0.25, -0.2) is 4.79 Å². The van der Waals surface area contributed by atoms with Crippen LogP contribution in [0.5, 0.6) is 0 Å². The Morgan fingerprint density at radius 3 is 1.25 bits per heavy atom. The molecule has 24 heavy (non-hydrogen) atoms. The quantitative estimate of drug-likeness (QED) is 0.531. The number of ketones is 1. The lowest BCUT2D eigenvalue weighted by molar-refractivity contribution is 0.0600. The standard InChI is InChI=1S/C13H10O.C8H8O2/c14-13(11-7-3-1-4-8-11)12-9-5-2-6-10-12;1-10-8(9)7-5-3-2-4-6-7/h1-10H;2-6H,1H3. The number of rotatable bonds is 3. The first-order chi connectivity index (χ1) is 11.7. The van der Waals surface area contributed by atoms with E-state index in [0.717, 1.165) is 11.1 Å². The predicted molar refractivity (Wildman–Crippen MR) is 94.1 cm³/mol. The smallest absolute Gasteiger partial charge is 0.337 e. The number of hydrogen-bond donors (Lipinski definition) is 0. The van der Waals surface area contributed by atoms with Crippen molar-refractivity contribution in [2.75, 3.05) is 7.11 Å². The number of benzene rings is 3. The monoisotopic (exact) mass is 318 g/mol. The zero-order valence-electron chi connectivity index (χ0n) is 13.4. The summed E-state index contributed by atoms with van der Waals surface area (Å²) in [5.74, 6) is -0.216. The van der Waals surface area contributed by atoms with Gasteiger partial charge in [-0.1, -0.05) is 78.9 Å². The van der Waals surface area contributed by atoms with Crippen LogP contribution >= 0.6 is 0 Å². The molecule has 3 nitrogen and oxygen atoms in total. The van der Waals surface area contributed by atoms with E-state index in [1.54, 1.807) is 24.3 Å². The zero-order valence-corrected chi connectivity index (χ0v) is 13.4. The molecule has 3 heteroatoms. The Labute approximate surface area is 141 Å². The molecule has 3 rings (SSSR count). The molecule has 0 amide bonds. The topological polar surface area (TPSA) is 43.4 Å². The summed E-state index contributed by atoms with van der Waals surface area (Å²) in [6.45, 7) is 0. The van der Waals surface area contributed by atoms with E-state index in [1.807, 2.05) is 66.7 Å². The van der Waals surface area contributed by atoms with E-state index in [0.29, 0.717) is 5.56 Å². The SMILES string of the molecule is COC(=O)c1ccccc1.O=C(c1ccccc1)c1ccccc1. The normalized spacial score (nSPS) is 9.38. The lowest BCUT2D eigenvalue weighted by Gasteiger charge is -1.99. The van der Waals surface area contributed by atoms with Crippen LogP contribution in [0, 0.1) is 0 Å². The molecule has 0 radical (unpaired) electrons. The number of carbonyl (C=O) groups is 2. The van der Waals surface area contributed by atoms with Crippen molar-refractivity contribution in [2.24, 2.45) is 0 Å². The molecule has 0 saturated heterocycles. The van der Waals surface area contributed by atoms with Crippen LogP contribution in [0.4, 0.5) is 0 Å². The first-order valence-corrected chi connectivity index (χ1v) is 7.50. The lowest BCUT2D eigenvalue weighted by atomic mass is 10.0. The molecular weight excluding hydrogens is 300 g/mol. The highest BCUT2D eigenvalue weighted by molar-refractivity contribution is 6.08. The summed E-state index contributed by atoms with van der Waals surface area (Å²) in [4.78, 5) is 22.6. The van der Waals surface area contributed by atoms with Crippen LogP contribution in [0.2, 0.25) is 0 Å². The molecule has 0 aliphatic rings. The lowest BCUT2D eigenvalue weighted by Crippen LogP contribution is -1.99. The van der Waals surface area contributed by atoms with Crippen LogP contribution < -0.4 is 0 Å². The highest BCUT2D eigenvalue weighted by atomic mass is 16.5. The minimum atomic E-state index is -0.291. The maximum atomic E-state index is 11.8. The second-order valence-corrected chi connectivity index (χ2v) is 4.92. The van der Waals surface area contributed by atoms with Crippen LogP contribution in [0.3, 0.4) is 0 Å². The van der Waals surface area contributed by atoms with E-state index >= 15 is 0 Å². The van der Waals surface area contributed by atoms with Gasteiger partial charge in [-0.05, 0) is 12.1 Å². The summed E-state index contributed by atoms with van der Waals surface area (Å²) in [5.41, 5.74) is 2.06. The third kappa shape index (κ3) is 4.92. The van der Waals surface area contributed by atoms with Gasteiger partial charge in [0.25, 0.3) is 0 Å². The molecule has 0 aliphatic heterocycles. The van der Waals surface area contributed by atoms with E-state index in [2.05, 4.69) is 4.74 Å². The van der Waals surface area contributed by atoms with Crippen LogP contribution in [0.25, 0.3) is 0 Å². The summed E-state index contributed by atoms with van der Waals surface area (Å²) < 4.78 is 4.50. The van der Waals surface area contributed by atoms with Gasteiger partial charge in [-0.15, -0.1) is 0 Å². The van der Waals surface area contributed by atoms with Gasteiger partial charge in [0.1, 0.15) is 0 Å². The number of esters is 1. The van der Waals surface area contributed by atoms with Crippen LogP contribution in [0.15, 0.2) is 91.0 Å². The van der Waals surface area contributed by atoms with Crippen molar-refractivity contribution < 1.29 is 14.3 Å². The van der Waals surface area contributed by atoms with Gasteiger partial charge in [0.05, 0.1) is 12.7 Å². The first-order valence-electron chi connectivity index (χ1n) is 7.50. The highest BCUT2D eigenvalue weighted by Gasteiger charge is 2.06. The Balaban J connectivity index is 0.000000185. The molecule has 0 spiro atoms. The van der Waals surface area contributed by atoms with E-state index in [-0.39, 0.29) is 11.8 Å². The average molecular weight is 318 g/mol. The van der Waals surface area contributed by atoms with Crippen molar-refractivity contribution in [3.05, 3.63) is 108 Å². The molecule has 0 unspecified atom stereocenters. The van der Waals surface area contributed by atoms with Gasteiger partial charge in [0, 0.05) is 11.1 Å². The van der Waals surface area contributed by atoms with Crippen LogP contribution in [-0.2, 0) is 4.74 Å². The fraction of sp³-hybridized carbons (Fsp3) is 0.0476. The van der Waals surface area contributed by atoms with Gasteiger partial charge in [-0.2, -0.15) is 0 Å². The Kier molecular flexibility index (Phi) is 6.47. The molecule has 0 aliphatic carbocycles. The van der Waals surface area contributed by atoms with Crippen molar-refractivity contribution in [2.45, 2.75) is 0 Å². The number of ether oxygens (including phenoxy) is 1. The Hall–Kier alpha value is -3.20. The van der Waals surface area contributed by atoms with E-state index in [9.17, 15) is 9.59 Å². The summed E-state index contributed by atoms with van der Waals surface area (Å²) in [5, 5.41) is 0. The third-order valence-corrected chi connectivity index (χ3v) is 3.27. The van der Waals surface area contributed by atoms with Gasteiger partial charge >= 0.3 is 5.97 Å².